The first kappa shape index (κ1) is 29.8. The van der Waals surface area contributed by atoms with Crippen LogP contribution in [0.3, 0.4) is 0 Å². The summed E-state index contributed by atoms with van der Waals surface area (Å²) in [6.45, 7) is 16.6. The molecule has 1 amide bonds. The van der Waals surface area contributed by atoms with E-state index in [1.165, 1.54) is 18.9 Å². The van der Waals surface area contributed by atoms with Gasteiger partial charge in [0.15, 0.2) is 5.78 Å². The normalized spacial score (nSPS) is 45.6. The van der Waals surface area contributed by atoms with Gasteiger partial charge in [-0.15, -0.1) is 0 Å². The summed E-state index contributed by atoms with van der Waals surface area (Å²) in [6.07, 6.45) is 11.7. The van der Waals surface area contributed by atoms with Crippen molar-refractivity contribution in [2.45, 2.75) is 119 Å². The first-order valence-corrected chi connectivity index (χ1v) is 16.0. The van der Waals surface area contributed by atoms with Crippen molar-refractivity contribution < 1.29 is 19.1 Å². The van der Waals surface area contributed by atoms with Gasteiger partial charge in [0.05, 0.1) is 0 Å². The average molecular weight is 555 g/mol. The lowest BCUT2D eigenvalue weighted by Gasteiger charge is -2.67. The van der Waals surface area contributed by atoms with E-state index in [0.717, 1.165) is 57.8 Å². The molecule has 0 spiro atoms. The Kier molecular flexibility index (Phi) is 7.41. The first-order valence-electron chi connectivity index (χ1n) is 16.0. The van der Waals surface area contributed by atoms with E-state index in [0.29, 0.717) is 30.7 Å². The van der Waals surface area contributed by atoms with E-state index < -0.39 is 5.41 Å². The minimum atomic E-state index is -0.412. The molecule has 6 nitrogen and oxygen atoms in total. The van der Waals surface area contributed by atoms with Crippen molar-refractivity contribution in [3.8, 4) is 0 Å². The molecule has 4 saturated carbocycles. The first-order chi connectivity index (χ1) is 18.6. The van der Waals surface area contributed by atoms with Crippen molar-refractivity contribution >= 4 is 17.7 Å². The number of nitrogens with one attached hydrogen (secondary N) is 1. The number of rotatable bonds is 5. The zero-order chi connectivity index (χ0) is 29.3. The maximum absolute atomic E-state index is 14.4. The molecule has 0 bridgehead atoms. The highest BCUT2D eigenvalue weighted by atomic mass is 16.5. The van der Waals surface area contributed by atoms with Gasteiger partial charge in [-0.3, -0.25) is 14.4 Å². The van der Waals surface area contributed by atoms with Crippen LogP contribution in [-0.2, 0) is 19.1 Å². The standard InChI is InChI=1S/C34H54N2O4/c1-21(37)40-27-11-14-34(7)26(30(27,2)3)10-13-33(6)23-9-12-31(4)15-16-32(5,29(39)36-18-8-17-35)20-24(31)22(23)19-25(38)28(33)34/h19,23-24,26-28H,8-18,20,35H2,1-7H3,(H,36,39)/t23?,24-,26-,27-,28?,31-,32-,33-,34-/m0/s1. The zero-order valence-corrected chi connectivity index (χ0v) is 26.2. The molecule has 0 aromatic rings. The fourth-order valence-corrected chi connectivity index (χ4v) is 11.0. The largest absolute Gasteiger partial charge is 0.462 e. The van der Waals surface area contributed by atoms with E-state index in [9.17, 15) is 14.4 Å². The minimum absolute atomic E-state index is 0.0102. The summed E-state index contributed by atoms with van der Waals surface area (Å²) in [5.41, 5.74) is 6.40. The molecule has 0 radical (unpaired) electrons. The van der Waals surface area contributed by atoms with Gasteiger partial charge in [0.1, 0.15) is 6.10 Å². The van der Waals surface area contributed by atoms with Gasteiger partial charge in [0.25, 0.3) is 0 Å². The van der Waals surface area contributed by atoms with Crippen LogP contribution in [0, 0.1) is 50.7 Å². The Morgan fingerprint density at radius 3 is 2.33 bits per heavy atom. The number of amides is 1. The van der Waals surface area contributed by atoms with E-state index in [4.69, 9.17) is 10.5 Å². The lowest BCUT2D eigenvalue weighted by atomic mass is 9.37. The van der Waals surface area contributed by atoms with E-state index in [-0.39, 0.29) is 51.5 Å². The fourth-order valence-electron chi connectivity index (χ4n) is 11.0. The number of hydrogen-bond acceptors (Lipinski definition) is 5. The number of ether oxygens (including phenoxy) is 1. The van der Waals surface area contributed by atoms with Crippen LogP contribution in [0.5, 0.6) is 0 Å². The fraction of sp³-hybridized carbons (Fsp3) is 0.853. The number of allylic oxidation sites excluding steroid dienone is 2. The van der Waals surface area contributed by atoms with Crippen LogP contribution in [0.1, 0.15) is 113 Å². The lowest BCUT2D eigenvalue weighted by Crippen LogP contribution is -2.64. The topological polar surface area (TPSA) is 98.5 Å². The Morgan fingerprint density at radius 1 is 0.950 bits per heavy atom. The third-order valence-electron chi connectivity index (χ3n) is 13.2. The van der Waals surface area contributed by atoms with Crippen molar-refractivity contribution in [2.75, 3.05) is 13.1 Å². The molecule has 5 rings (SSSR count). The average Bonchev–Trinajstić information content (AvgIpc) is 2.86. The number of fused-ring (bicyclic) bond motifs is 7. The molecule has 224 valence electrons. The number of hydrogen-bond donors (Lipinski definition) is 2. The molecule has 40 heavy (non-hydrogen) atoms. The van der Waals surface area contributed by atoms with Gasteiger partial charge in [-0.05, 0) is 111 Å². The number of carbonyl (C=O) groups is 3. The second kappa shape index (κ2) is 9.95. The Morgan fingerprint density at radius 2 is 1.65 bits per heavy atom. The van der Waals surface area contributed by atoms with Crippen molar-refractivity contribution in [1.82, 2.24) is 5.32 Å². The maximum atomic E-state index is 14.4. The van der Waals surface area contributed by atoms with Crippen LogP contribution in [0.2, 0.25) is 0 Å². The third-order valence-corrected chi connectivity index (χ3v) is 13.2. The second-order valence-electron chi connectivity index (χ2n) is 16.0. The summed E-state index contributed by atoms with van der Waals surface area (Å²) in [4.78, 5) is 39.7. The Labute approximate surface area is 242 Å². The molecule has 2 unspecified atom stereocenters. The second-order valence-corrected chi connectivity index (χ2v) is 16.0. The molecule has 0 aromatic heterocycles. The van der Waals surface area contributed by atoms with Crippen LogP contribution >= 0.6 is 0 Å². The number of nitrogens with two attached hydrogens (primary N) is 1. The molecule has 5 aliphatic carbocycles. The lowest BCUT2D eigenvalue weighted by molar-refractivity contribution is -0.200. The summed E-state index contributed by atoms with van der Waals surface area (Å²) in [5, 5.41) is 3.16. The van der Waals surface area contributed by atoms with Crippen molar-refractivity contribution in [3.63, 3.8) is 0 Å². The third kappa shape index (κ3) is 4.41. The molecule has 4 fully saturated rings. The van der Waals surface area contributed by atoms with Crippen molar-refractivity contribution in [3.05, 3.63) is 11.6 Å². The summed E-state index contributed by atoms with van der Waals surface area (Å²) >= 11 is 0. The van der Waals surface area contributed by atoms with E-state index in [1.807, 2.05) is 0 Å². The molecule has 5 aliphatic rings. The molecule has 6 heteroatoms. The SMILES string of the molecule is CC(=O)O[C@H]1CC[C@]2(C)C3C(=O)C=C4C(CC[C@@]5(C)CC[C@](C)(C(=O)NCCCN)C[C@@H]45)[C@]3(C)CC[C@H]2C1(C)C. The quantitative estimate of drug-likeness (QED) is 0.322. The summed E-state index contributed by atoms with van der Waals surface area (Å²) in [6, 6.07) is 0. The Bertz CT molecular complexity index is 1100. The van der Waals surface area contributed by atoms with Crippen LogP contribution < -0.4 is 11.1 Å². The Balaban J connectivity index is 1.47. The predicted octanol–water partition coefficient (Wildman–Crippen LogP) is 5.97. The van der Waals surface area contributed by atoms with Crippen LogP contribution in [0.25, 0.3) is 0 Å². The van der Waals surface area contributed by atoms with Gasteiger partial charge in [0.2, 0.25) is 5.91 Å². The van der Waals surface area contributed by atoms with Crippen LogP contribution in [-0.4, -0.2) is 36.9 Å². The summed E-state index contributed by atoms with van der Waals surface area (Å²) < 4.78 is 5.84. The van der Waals surface area contributed by atoms with Crippen LogP contribution in [0.15, 0.2) is 11.6 Å². The van der Waals surface area contributed by atoms with E-state index in [1.54, 1.807) is 0 Å². The van der Waals surface area contributed by atoms with Gasteiger partial charge >= 0.3 is 5.97 Å². The van der Waals surface area contributed by atoms with E-state index >= 15 is 0 Å². The zero-order valence-electron chi connectivity index (χ0n) is 26.2. The van der Waals surface area contributed by atoms with Crippen molar-refractivity contribution in [1.29, 1.82) is 0 Å². The summed E-state index contributed by atoms with van der Waals surface area (Å²) in [5.74, 6) is 1.24. The number of carbonyl (C=O) groups excluding carboxylic acids is 3. The minimum Gasteiger partial charge on any atom is -0.462 e. The molecule has 0 saturated heterocycles. The van der Waals surface area contributed by atoms with Gasteiger partial charge in [-0.2, -0.15) is 0 Å². The molecule has 0 aromatic carbocycles. The predicted molar refractivity (Wildman–Crippen MR) is 157 cm³/mol. The van der Waals surface area contributed by atoms with Crippen LogP contribution in [0.4, 0.5) is 0 Å². The highest BCUT2D eigenvalue weighted by Gasteiger charge is 2.67. The highest BCUT2D eigenvalue weighted by Crippen LogP contribution is 2.71. The number of esters is 1. The molecule has 3 N–H and O–H groups in total. The smallest absolute Gasteiger partial charge is 0.302 e. The van der Waals surface area contributed by atoms with Gasteiger partial charge in [0, 0.05) is 30.2 Å². The Hall–Kier alpha value is -1.69. The monoisotopic (exact) mass is 554 g/mol. The van der Waals surface area contributed by atoms with Crippen molar-refractivity contribution in [2.24, 2.45) is 56.5 Å². The molecule has 9 atom stereocenters. The number of ketones is 1. The molecular formula is C34H54N2O4. The maximum Gasteiger partial charge on any atom is 0.302 e. The summed E-state index contributed by atoms with van der Waals surface area (Å²) in [7, 11) is 0. The van der Waals surface area contributed by atoms with Gasteiger partial charge in [-0.1, -0.05) is 47.1 Å². The van der Waals surface area contributed by atoms with Gasteiger partial charge in [-0.25, -0.2) is 0 Å². The molecule has 0 aliphatic heterocycles. The molecular weight excluding hydrogens is 500 g/mol. The van der Waals surface area contributed by atoms with E-state index in [2.05, 4.69) is 52.9 Å². The highest BCUT2D eigenvalue weighted by molar-refractivity contribution is 5.95. The molecule has 0 heterocycles. The van der Waals surface area contributed by atoms with Gasteiger partial charge < -0.3 is 15.8 Å².